The number of rotatable bonds is 9. The van der Waals surface area contributed by atoms with Crippen molar-refractivity contribution in [3.63, 3.8) is 0 Å². The maximum absolute atomic E-state index is 13.2. The highest BCUT2D eigenvalue weighted by molar-refractivity contribution is 6.30. The number of aromatic nitrogens is 1. The Morgan fingerprint density at radius 3 is 2.71 bits per heavy atom. The van der Waals surface area contributed by atoms with E-state index in [2.05, 4.69) is 41.1 Å². The van der Waals surface area contributed by atoms with Gasteiger partial charge in [0.15, 0.2) is 0 Å². The number of piperidine rings is 1. The maximum Gasteiger partial charge on any atom is 0.226 e. The molecule has 1 amide bonds. The molecular weight excluding hydrogens is 460 g/mol. The summed E-state index contributed by atoms with van der Waals surface area (Å²) in [4.78, 5) is 24.4. The summed E-state index contributed by atoms with van der Waals surface area (Å²) in [5.74, 6) is 1.67. The molecule has 1 atom stereocenters. The van der Waals surface area contributed by atoms with Gasteiger partial charge in [0.1, 0.15) is 5.76 Å². The van der Waals surface area contributed by atoms with Crippen molar-refractivity contribution in [2.24, 2.45) is 5.92 Å². The van der Waals surface area contributed by atoms with Crippen molar-refractivity contribution in [1.29, 1.82) is 0 Å². The normalized spacial score (nSPS) is 16.3. The Hall–Kier alpha value is -2.83. The van der Waals surface area contributed by atoms with Gasteiger partial charge in [-0.2, -0.15) is 0 Å². The van der Waals surface area contributed by atoms with Crippen molar-refractivity contribution in [3.8, 4) is 11.5 Å². The van der Waals surface area contributed by atoms with Crippen LogP contribution in [0.2, 0.25) is 5.02 Å². The van der Waals surface area contributed by atoms with Crippen molar-refractivity contribution >= 4 is 23.2 Å². The van der Waals surface area contributed by atoms with Crippen molar-refractivity contribution in [2.45, 2.75) is 32.7 Å². The number of hydrogen-bond donors (Lipinski definition) is 0. The third-order valence-electron chi connectivity index (χ3n) is 6.75. The van der Waals surface area contributed by atoms with Crippen LogP contribution >= 0.6 is 11.6 Å². The number of amides is 1. The number of benzene rings is 2. The predicted octanol–water partition coefficient (Wildman–Crippen LogP) is 5.50. The van der Waals surface area contributed by atoms with Gasteiger partial charge in [-0.05, 0) is 63.1 Å². The van der Waals surface area contributed by atoms with Crippen LogP contribution in [0.25, 0.3) is 11.5 Å². The maximum atomic E-state index is 13.2. The molecule has 3 aromatic rings. The highest BCUT2D eigenvalue weighted by Crippen LogP contribution is 2.26. The first-order valence-electron chi connectivity index (χ1n) is 12.4. The molecule has 6 nitrogen and oxygen atoms in total. The van der Waals surface area contributed by atoms with E-state index in [4.69, 9.17) is 21.0 Å². The molecule has 0 radical (unpaired) electrons. The van der Waals surface area contributed by atoms with E-state index in [9.17, 15) is 4.79 Å². The zero-order valence-corrected chi connectivity index (χ0v) is 21.7. The lowest BCUT2D eigenvalue weighted by molar-refractivity contribution is -0.136. The zero-order chi connectivity index (χ0) is 24.8. The lowest BCUT2D eigenvalue weighted by Gasteiger charge is -2.33. The lowest BCUT2D eigenvalue weighted by Crippen LogP contribution is -2.44. The first kappa shape index (κ1) is 25.3. The second-order valence-corrected chi connectivity index (χ2v) is 9.91. The summed E-state index contributed by atoms with van der Waals surface area (Å²) in [7, 11) is 4.03. The Morgan fingerprint density at radius 2 is 1.94 bits per heavy atom. The highest BCUT2D eigenvalue weighted by Gasteiger charge is 2.28. The van der Waals surface area contributed by atoms with Gasteiger partial charge in [0, 0.05) is 56.5 Å². The summed E-state index contributed by atoms with van der Waals surface area (Å²) >= 11 is 6.13. The average Bonchev–Trinajstić information content (AvgIpc) is 3.24. The van der Waals surface area contributed by atoms with Crippen LogP contribution < -0.4 is 4.90 Å². The van der Waals surface area contributed by atoms with Crippen LogP contribution in [0.4, 0.5) is 5.69 Å². The first-order valence-corrected chi connectivity index (χ1v) is 12.7. The number of halogens is 1. The number of aryl methyl sites for hydroxylation is 1. The molecule has 1 saturated heterocycles. The van der Waals surface area contributed by atoms with Gasteiger partial charge in [-0.25, -0.2) is 4.98 Å². The Bertz CT molecular complexity index is 1120. The van der Waals surface area contributed by atoms with Crippen LogP contribution in [-0.2, 0) is 11.3 Å². The van der Waals surface area contributed by atoms with E-state index < -0.39 is 0 Å². The second kappa shape index (κ2) is 11.7. The number of hydrogen-bond acceptors (Lipinski definition) is 5. The van der Waals surface area contributed by atoms with E-state index in [0.717, 1.165) is 62.5 Å². The molecule has 0 aliphatic carbocycles. The molecule has 0 saturated carbocycles. The van der Waals surface area contributed by atoms with Crippen molar-refractivity contribution in [3.05, 3.63) is 71.1 Å². The smallest absolute Gasteiger partial charge is 0.226 e. The van der Waals surface area contributed by atoms with Crippen molar-refractivity contribution in [1.82, 2.24) is 14.8 Å². The fourth-order valence-electron chi connectivity index (χ4n) is 4.71. The van der Waals surface area contributed by atoms with Crippen LogP contribution in [0.3, 0.4) is 0 Å². The largest absolute Gasteiger partial charge is 0.441 e. The van der Waals surface area contributed by atoms with Crippen molar-refractivity contribution < 1.29 is 9.21 Å². The number of anilines is 1. The van der Waals surface area contributed by atoms with E-state index >= 15 is 0 Å². The predicted molar refractivity (Wildman–Crippen MR) is 142 cm³/mol. The summed E-state index contributed by atoms with van der Waals surface area (Å²) in [6, 6.07) is 17.9. The van der Waals surface area contributed by atoms with Gasteiger partial charge in [0.2, 0.25) is 11.8 Å². The first-order chi connectivity index (χ1) is 16.9. The van der Waals surface area contributed by atoms with Gasteiger partial charge in [-0.3, -0.25) is 9.69 Å². The van der Waals surface area contributed by atoms with E-state index in [1.54, 1.807) is 0 Å². The van der Waals surface area contributed by atoms with Gasteiger partial charge in [0.25, 0.3) is 0 Å². The Morgan fingerprint density at radius 1 is 1.14 bits per heavy atom. The fraction of sp³-hybridized carbons (Fsp3) is 0.429. The number of nitrogens with zero attached hydrogens (tertiary/aromatic N) is 4. The molecule has 1 aliphatic heterocycles. The van der Waals surface area contributed by atoms with Crippen LogP contribution in [0.1, 0.15) is 30.7 Å². The van der Waals surface area contributed by atoms with Crippen LogP contribution in [-0.4, -0.2) is 61.0 Å². The highest BCUT2D eigenvalue weighted by atomic mass is 35.5. The molecule has 7 heteroatoms. The number of para-hydroxylation sites is 1. The second-order valence-electron chi connectivity index (χ2n) is 9.48. The molecule has 0 N–H and O–H groups in total. The van der Waals surface area contributed by atoms with Gasteiger partial charge >= 0.3 is 0 Å². The molecular formula is C28H35ClN4O2. The van der Waals surface area contributed by atoms with Crippen molar-refractivity contribution in [2.75, 3.05) is 45.2 Å². The summed E-state index contributed by atoms with van der Waals surface area (Å²) in [5.41, 5.74) is 2.99. The molecule has 1 fully saturated rings. The minimum atomic E-state index is 0.0280. The fourth-order valence-corrected chi connectivity index (χ4v) is 4.90. The molecule has 2 aromatic carbocycles. The molecule has 1 aliphatic rings. The van der Waals surface area contributed by atoms with E-state index in [1.165, 1.54) is 5.69 Å². The zero-order valence-electron chi connectivity index (χ0n) is 20.9. The molecule has 1 aromatic heterocycles. The molecule has 1 unspecified atom stereocenters. The van der Waals surface area contributed by atoms with Gasteiger partial charge < -0.3 is 14.2 Å². The van der Waals surface area contributed by atoms with Crippen LogP contribution in [0.15, 0.2) is 59.0 Å². The number of carbonyl (C=O) groups excluding carboxylic acids is 1. The third kappa shape index (κ3) is 6.65. The van der Waals surface area contributed by atoms with E-state index in [0.29, 0.717) is 17.5 Å². The van der Waals surface area contributed by atoms with Gasteiger partial charge in [-0.15, -0.1) is 0 Å². The van der Waals surface area contributed by atoms with Gasteiger partial charge in [-0.1, -0.05) is 35.9 Å². The minimum absolute atomic E-state index is 0.0280. The molecule has 4 rings (SSSR count). The number of likely N-dealkylation sites (tertiary alicyclic amines) is 1. The minimum Gasteiger partial charge on any atom is -0.441 e. The quantitative estimate of drug-likeness (QED) is 0.393. The Labute approximate surface area is 213 Å². The molecule has 0 spiro atoms. The molecule has 186 valence electrons. The van der Waals surface area contributed by atoms with E-state index in [-0.39, 0.29) is 11.8 Å². The molecule has 2 heterocycles. The summed E-state index contributed by atoms with van der Waals surface area (Å²) in [5, 5.41) is 0.660. The Kier molecular flexibility index (Phi) is 8.47. The lowest BCUT2D eigenvalue weighted by atomic mass is 9.96. The number of carbonyl (C=O) groups is 1. The molecule has 35 heavy (non-hydrogen) atoms. The Balaban J connectivity index is 1.29. The summed E-state index contributed by atoms with van der Waals surface area (Å²) in [6.07, 6.45) is 2.89. The monoisotopic (exact) mass is 494 g/mol. The summed E-state index contributed by atoms with van der Waals surface area (Å²) in [6.45, 7) is 6.03. The SMILES string of the molecule is Cc1oc(-c2cccc(Cl)c2)nc1CN1CCCC(C(=O)N(C)CCCN(C)c2ccccc2)C1. The van der Waals surface area contributed by atoms with E-state index in [1.807, 2.05) is 49.2 Å². The summed E-state index contributed by atoms with van der Waals surface area (Å²) < 4.78 is 5.93. The topological polar surface area (TPSA) is 52.8 Å². The third-order valence-corrected chi connectivity index (χ3v) is 6.99. The van der Waals surface area contributed by atoms with Gasteiger partial charge in [0.05, 0.1) is 11.6 Å². The average molecular weight is 495 g/mol. The van der Waals surface area contributed by atoms with Crippen LogP contribution in [0, 0.1) is 12.8 Å². The molecule has 0 bridgehead atoms. The number of oxazole rings is 1. The van der Waals surface area contributed by atoms with Crippen LogP contribution in [0.5, 0.6) is 0 Å². The standard InChI is InChI=1S/C28H35ClN4O2/c1-21-26(30-27(35-21)22-10-7-12-24(29)18-22)20-33-17-8-11-23(19-33)28(34)32(3)16-9-15-31(2)25-13-5-4-6-14-25/h4-7,10,12-14,18,23H,8-9,11,15-17,19-20H2,1-3H3.